The highest BCUT2D eigenvalue weighted by atomic mass is 35.5. The molecule has 1 saturated heterocycles. The van der Waals surface area contributed by atoms with Gasteiger partial charge in [-0.05, 0) is 11.6 Å². The van der Waals surface area contributed by atoms with Crippen molar-refractivity contribution in [1.82, 2.24) is 14.9 Å². The molecule has 0 unspecified atom stereocenters. The molecule has 1 aliphatic rings. The number of nitrogens with one attached hydrogen (secondary N) is 2. The smallest absolute Gasteiger partial charge is 0.242 e. The van der Waals surface area contributed by atoms with Gasteiger partial charge < -0.3 is 10.6 Å². The number of sulfonamides is 1. The Balaban J connectivity index is 0.00000220. The monoisotopic (exact) mass is 333 g/mol. The molecule has 0 saturated carbocycles. The van der Waals surface area contributed by atoms with Gasteiger partial charge in [0.2, 0.25) is 15.9 Å². The van der Waals surface area contributed by atoms with Crippen LogP contribution in [0.2, 0.25) is 0 Å². The van der Waals surface area contributed by atoms with E-state index in [-0.39, 0.29) is 35.7 Å². The largest absolute Gasteiger partial charge is 0.352 e. The standard InChI is InChI=1S/C13H19N3O3S.ClH/c1-16(2)20(18,19)12-6-4-3-5-10(12)9-15-13(17)11-7-14-8-11;/h3-6,11,14H,7-9H2,1-2H3,(H,15,17);1H. The SMILES string of the molecule is CN(C)S(=O)(=O)c1ccccc1CNC(=O)C1CNC1.Cl. The second kappa shape index (κ2) is 7.22. The van der Waals surface area contributed by atoms with Crippen LogP contribution < -0.4 is 10.6 Å². The molecular formula is C13H20ClN3O3S. The molecule has 8 heteroatoms. The maximum atomic E-state index is 12.2. The van der Waals surface area contributed by atoms with Gasteiger partial charge in [0.1, 0.15) is 0 Å². The number of carbonyl (C=O) groups is 1. The molecule has 0 aromatic heterocycles. The minimum atomic E-state index is -3.50. The number of nitrogens with zero attached hydrogens (tertiary/aromatic N) is 1. The maximum Gasteiger partial charge on any atom is 0.242 e. The molecule has 0 aliphatic carbocycles. The fraction of sp³-hybridized carbons (Fsp3) is 0.462. The molecule has 1 heterocycles. The second-order valence-electron chi connectivity index (χ2n) is 4.97. The number of hydrogen-bond donors (Lipinski definition) is 2. The Morgan fingerprint density at radius 2 is 1.95 bits per heavy atom. The Bertz CT molecular complexity index is 600. The van der Waals surface area contributed by atoms with Crippen molar-refractivity contribution < 1.29 is 13.2 Å². The van der Waals surface area contributed by atoms with Crippen LogP contribution in [0.4, 0.5) is 0 Å². The van der Waals surface area contributed by atoms with Crippen LogP contribution >= 0.6 is 12.4 Å². The second-order valence-corrected chi connectivity index (χ2v) is 7.09. The van der Waals surface area contributed by atoms with Gasteiger partial charge in [-0.25, -0.2) is 12.7 Å². The Hall–Kier alpha value is -1.15. The average Bonchev–Trinajstić information content (AvgIpc) is 2.34. The summed E-state index contributed by atoms with van der Waals surface area (Å²) in [5.74, 6) is -0.0478. The lowest BCUT2D eigenvalue weighted by Gasteiger charge is -2.26. The fourth-order valence-electron chi connectivity index (χ4n) is 1.90. The highest BCUT2D eigenvalue weighted by Crippen LogP contribution is 2.18. The van der Waals surface area contributed by atoms with E-state index in [4.69, 9.17) is 0 Å². The lowest BCUT2D eigenvalue weighted by Crippen LogP contribution is -2.50. The van der Waals surface area contributed by atoms with Crippen LogP contribution in [-0.2, 0) is 21.4 Å². The third-order valence-corrected chi connectivity index (χ3v) is 5.25. The van der Waals surface area contributed by atoms with Gasteiger partial charge in [-0.15, -0.1) is 12.4 Å². The van der Waals surface area contributed by atoms with Gasteiger partial charge in [0.25, 0.3) is 0 Å². The number of halogens is 1. The number of benzene rings is 1. The number of amides is 1. The summed E-state index contributed by atoms with van der Waals surface area (Å²) in [6.45, 7) is 1.59. The quantitative estimate of drug-likeness (QED) is 0.806. The first-order valence-electron chi connectivity index (χ1n) is 6.42. The van der Waals surface area contributed by atoms with Crippen LogP contribution in [0.1, 0.15) is 5.56 Å². The van der Waals surface area contributed by atoms with E-state index in [9.17, 15) is 13.2 Å². The Labute approximate surface area is 131 Å². The van der Waals surface area contributed by atoms with Crippen molar-refractivity contribution in [3.05, 3.63) is 29.8 Å². The molecule has 1 aliphatic heterocycles. The van der Waals surface area contributed by atoms with E-state index in [0.717, 1.165) is 0 Å². The number of rotatable bonds is 5. The van der Waals surface area contributed by atoms with Gasteiger partial charge in [-0.3, -0.25) is 4.79 Å². The van der Waals surface area contributed by atoms with Crippen molar-refractivity contribution in [1.29, 1.82) is 0 Å². The molecule has 2 rings (SSSR count). The topological polar surface area (TPSA) is 78.5 Å². The zero-order valence-electron chi connectivity index (χ0n) is 12.0. The third kappa shape index (κ3) is 3.94. The van der Waals surface area contributed by atoms with Crippen molar-refractivity contribution in [3.63, 3.8) is 0 Å². The molecule has 0 spiro atoms. The average molecular weight is 334 g/mol. The highest BCUT2D eigenvalue weighted by Gasteiger charge is 2.25. The zero-order chi connectivity index (χ0) is 14.8. The van der Waals surface area contributed by atoms with E-state index < -0.39 is 10.0 Å². The predicted molar refractivity (Wildman–Crippen MR) is 82.8 cm³/mol. The summed E-state index contributed by atoms with van der Waals surface area (Å²) >= 11 is 0. The van der Waals surface area contributed by atoms with Gasteiger partial charge in [0, 0.05) is 33.7 Å². The molecule has 0 bridgehead atoms. The molecule has 118 valence electrons. The van der Waals surface area contributed by atoms with Gasteiger partial charge in [0.15, 0.2) is 0 Å². The van der Waals surface area contributed by atoms with Crippen LogP contribution in [0.5, 0.6) is 0 Å². The highest BCUT2D eigenvalue weighted by molar-refractivity contribution is 7.89. The Kier molecular flexibility index (Phi) is 6.15. The zero-order valence-corrected chi connectivity index (χ0v) is 13.6. The molecule has 1 amide bonds. The minimum absolute atomic E-state index is 0. The normalized spacial score (nSPS) is 15.2. The van der Waals surface area contributed by atoms with Crippen molar-refractivity contribution in [2.24, 2.45) is 5.92 Å². The Morgan fingerprint density at radius 1 is 1.33 bits per heavy atom. The fourth-order valence-corrected chi connectivity index (χ4v) is 3.01. The van der Waals surface area contributed by atoms with E-state index in [1.807, 2.05) is 0 Å². The van der Waals surface area contributed by atoms with Crippen molar-refractivity contribution in [2.45, 2.75) is 11.4 Å². The third-order valence-electron chi connectivity index (χ3n) is 3.34. The summed E-state index contributed by atoms with van der Waals surface area (Å²) in [5, 5.41) is 5.82. The Morgan fingerprint density at radius 3 is 2.48 bits per heavy atom. The van der Waals surface area contributed by atoms with E-state index in [2.05, 4.69) is 10.6 Å². The first-order valence-corrected chi connectivity index (χ1v) is 7.86. The van der Waals surface area contributed by atoms with Crippen LogP contribution in [0, 0.1) is 5.92 Å². The first kappa shape index (κ1) is 17.9. The number of hydrogen-bond acceptors (Lipinski definition) is 4. The van der Waals surface area contributed by atoms with Crippen LogP contribution in [-0.4, -0.2) is 45.8 Å². The number of carbonyl (C=O) groups excluding carboxylic acids is 1. The van der Waals surface area contributed by atoms with E-state index in [1.54, 1.807) is 24.3 Å². The summed E-state index contributed by atoms with van der Waals surface area (Å²) in [6, 6.07) is 6.72. The summed E-state index contributed by atoms with van der Waals surface area (Å²) in [5.41, 5.74) is 0.599. The van der Waals surface area contributed by atoms with Crippen molar-refractivity contribution in [3.8, 4) is 0 Å². The van der Waals surface area contributed by atoms with Gasteiger partial charge in [-0.2, -0.15) is 0 Å². The maximum absolute atomic E-state index is 12.2. The molecule has 1 aromatic rings. The van der Waals surface area contributed by atoms with Crippen molar-refractivity contribution >= 4 is 28.3 Å². The molecule has 6 nitrogen and oxygen atoms in total. The molecule has 0 atom stereocenters. The minimum Gasteiger partial charge on any atom is -0.352 e. The first-order chi connectivity index (χ1) is 9.43. The molecule has 21 heavy (non-hydrogen) atoms. The molecular weight excluding hydrogens is 314 g/mol. The lowest BCUT2D eigenvalue weighted by molar-refractivity contribution is -0.126. The van der Waals surface area contributed by atoms with Crippen LogP contribution in [0.25, 0.3) is 0 Å². The lowest BCUT2D eigenvalue weighted by atomic mass is 10.0. The van der Waals surface area contributed by atoms with E-state index >= 15 is 0 Å². The van der Waals surface area contributed by atoms with E-state index in [0.29, 0.717) is 18.7 Å². The summed E-state index contributed by atoms with van der Waals surface area (Å²) in [6.07, 6.45) is 0. The summed E-state index contributed by atoms with van der Waals surface area (Å²) in [4.78, 5) is 12.0. The van der Waals surface area contributed by atoms with Gasteiger partial charge >= 0.3 is 0 Å². The van der Waals surface area contributed by atoms with Crippen molar-refractivity contribution in [2.75, 3.05) is 27.2 Å². The van der Waals surface area contributed by atoms with Crippen LogP contribution in [0.3, 0.4) is 0 Å². The molecule has 1 fully saturated rings. The molecule has 1 aromatic carbocycles. The van der Waals surface area contributed by atoms with E-state index in [1.165, 1.54) is 18.4 Å². The van der Waals surface area contributed by atoms with Gasteiger partial charge in [-0.1, -0.05) is 18.2 Å². The predicted octanol–water partition coefficient (Wildman–Crippen LogP) is 0.194. The van der Waals surface area contributed by atoms with Crippen LogP contribution in [0.15, 0.2) is 29.2 Å². The van der Waals surface area contributed by atoms with Gasteiger partial charge in [0.05, 0.1) is 10.8 Å². The summed E-state index contributed by atoms with van der Waals surface area (Å²) < 4.78 is 25.6. The molecule has 2 N–H and O–H groups in total. The summed E-state index contributed by atoms with van der Waals surface area (Å²) in [7, 11) is -0.516. The molecule has 0 radical (unpaired) electrons.